The Morgan fingerprint density at radius 2 is 1.91 bits per heavy atom. The number of carbonyl (C=O) groups excluding carboxylic acids is 2. The zero-order chi connectivity index (χ0) is 22.7. The standard InChI is InChI=1S/C20H14N4O6S2/c1-29-17(25)10-15-18(26)22-20(31-15)23-21-11-12-6-8-13(9-7-12)30-19-14-4-2-3-5-16(14)32(27,28)24-19/h2-11H,1H3,(H,22,23,26)/b15-10+,21-11?. The maximum absolute atomic E-state index is 12.1. The molecule has 10 nitrogen and oxygen atoms in total. The van der Waals surface area contributed by atoms with Crippen LogP contribution in [0.3, 0.4) is 0 Å². The van der Waals surface area contributed by atoms with E-state index >= 15 is 0 Å². The van der Waals surface area contributed by atoms with Crippen LogP contribution in [0.25, 0.3) is 0 Å². The molecule has 2 aromatic carbocycles. The highest BCUT2D eigenvalue weighted by atomic mass is 32.2. The molecule has 0 atom stereocenters. The van der Waals surface area contributed by atoms with Crippen LogP contribution >= 0.6 is 11.8 Å². The molecule has 4 rings (SSSR count). The van der Waals surface area contributed by atoms with Crippen LogP contribution in [-0.2, 0) is 24.3 Å². The fourth-order valence-electron chi connectivity index (χ4n) is 2.67. The number of amidine groups is 1. The van der Waals surface area contributed by atoms with Crippen LogP contribution in [0.1, 0.15) is 11.1 Å². The smallest absolute Gasteiger partial charge is 0.331 e. The van der Waals surface area contributed by atoms with Gasteiger partial charge in [-0.1, -0.05) is 12.1 Å². The Hall–Kier alpha value is -3.77. The van der Waals surface area contributed by atoms with Crippen LogP contribution in [0, 0.1) is 0 Å². The highest BCUT2D eigenvalue weighted by Crippen LogP contribution is 2.27. The Morgan fingerprint density at radius 1 is 1.16 bits per heavy atom. The molecule has 0 saturated carbocycles. The first-order valence-electron chi connectivity index (χ1n) is 8.98. The van der Waals surface area contributed by atoms with E-state index in [1.54, 1.807) is 42.5 Å². The molecule has 12 heteroatoms. The minimum absolute atomic E-state index is 0.0123. The Kier molecular flexibility index (Phi) is 5.88. The average molecular weight is 470 g/mol. The van der Waals surface area contributed by atoms with Crippen LogP contribution in [0.15, 0.2) is 79.0 Å². The Morgan fingerprint density at radius 3 is 2.66 bits per heavy atom. The van der Waals surface area contributed by atoms with Gasteiger partial charge in [-0.05, 0) is 53.7 Å². The van der Waals surface area contributed by atoms with Crippen molar-refractivity contribution in [3.63, 3.8) is 0 Å². The lowest BCUT2D eigenvalue weighted by molar-refractivity contribution is -0.135. The molecular formula is C20H14N4O6S2. The molecule has 0 unspecified atom stereocenters. The maximum atomic E-state index is 12.1. The van der Waals surface area contributed by atoms with E-state index in [2.05, 4.69) is 24.7 Å². The zero-order valence-electron chi connectivity index (χ0n) is 16.4. The van der Waals surface area contributed by atoms with Crippen molar-refractivity contribution in [2.75, 3.05) is 7.11 Å². The number of carbonyl (C=O) groups is 2. The average Bonchev–Trinajstić information content (AvgIpc) is 3.25. The van der Waals surface area contributed by atoms with E-state index in [1.807, 2.05) is 0 Å². The molecule has 0 aromatic heterocycles. The van der Waals surface area contributed by atoms with Gasteiger partial charge in [0.2, 0.25) is 5.90 Å². The maximum Gasteiger partial charge on any atom is 0.331 e. The molecule has 2 heterocycles. The normalized spacial score (nSPS) is 19.2. The second-order valence-corrected chi connectivity index (χ2v) is 8.88. The molecule has 2 aromatic rings. The van der Waals surface area contributed by atoms with Gasteiger partial charge >= 0.3 is 5.97 Å². The van der Waals surface area contributed by atoms with Crippen LogP contribution in [-0.4, -0.2) is 44.7 Å². The van der Waals surface area contributed by atoms with Crippen molar-refractivity contribution in [2.24, 2.45) is 14.6 Å². The number of benzene rings is 2. The molecule has 0 radical (unpaired) electrons. The van der Waals surface area contributed by atoms with E-state index in [1.165, 1.54) is 19.4 Å². The lowest BCUT2D eigenvalue weighted by atomic mass is 10.2. The van der Waals surface area contributed by atoms with E-state index < -0.39 is 21.9 Å². The molecule has 0 bridgehead atoms. The van der Waals surface area contributed by atoms with Gasteiger partial charge in [0.25, 0.3) is 15.9 Å². The number of nitrogens with zero attached hydrogens (tertiary/aromatic N) is 3. The van der Waals surface area contributed by atoms with E-state index in [4.69, 9.17) is 4.74 Å². The first-order chi connectivity index (χ1) is 15.4. The molecule has 32 heavy (non-hydrogen) atoms. The van der Waals surface area contributed by atoms with Gasteiger partial charge < -0.3 is 9.47 Å². The monoisotopic (exact) mass is 470 g/mol. The molecule has 0 aliphatic carbocycles. The molecule has 1 saturated heterocycles. The number of thioether (sulfide) groups is 1. The minimum atomic E-state index is -3.75. The van der Waals surface area contributed by atoms with Crippen molar-refractivity contribution in [1.29, 1.82) is 0 Å². The van der Waals surface area contributed by atoms with Crippen molar-refractivity contribution < 1.29 is 27.5 Å². The van der Waals surface area contributed by atoms with Crippen LogP contribution in [0.5, 0.6) is 5.75 Å². The summed E-state index contributed by atoms with van der Waals surface area (Å²) in [5.41, 5.74) is 1.09. The molecule has 162 valence electrons. The number of rotatable bonds is 4. The van der Waals surface area contributed by atoms with Gasteiger partial charge in [0, 0.05) is 6.08 Å². The van der Waals surface area contributed by atoms with Gasteiger partial charge in [-0.25, -0.2) is 4.79 Å². The molecule has 1 amide bonds. The summed E-state index contributed by atoms with van der Waals surface area (Å²) in [6.45, 7) is 0. The third-order valence-corrected chi connectivity index (χ3v) is 6.37. The van der Waals surface area contributed by atoms with Gasteiger partial charge in [0.1, 0.15) is 10.6 Å². The third-order valence-electron chi connectivity index (χ3n) is 4.15. The first-order valence-corrected chi connectivity index (χ1v) is 11.2. The first kappa shape index (κ1) is 21.5. The molecule has 1 N–H and O–H groups in total. The number of amides is 1. The van der Waals surface area contributed by atoms with Gasteiger partial charge in [-0.2, -0.15) is 13.5 Å². The number of hydrogen-bond donors (Lipinski definition) is 1. The highest BCUT2D eigenvalue weighted by Gasteiger charge is 2.30. The van der Waals surface area contributed by atoms with Gasteiger partial charge in [-0.3, -0.25) is 10.1 Å². The second-order valence-electron chi connectivity index (χ2n) is 6.28. The molecule has 2 aliphatic rings. The zero-order valence-corrected chi connectivity index (χ0v) is 18.0. The van der Waals surface area contributed by atoms with Gasteiger partial charge in [-0.15, -0.1) is 9.50 Å². The van der Waals surface area contributed by atoms with Crippen LogP contribution in [0.2, 0.25) is 0 Å². The van der Waals surface area contributed by atoms with Gasteiger partial charge in [0.15, 0.2) is 5.17 Å². The van der Waals surface area contributed by atoms with Crippen LogP contribution < -0.4 is 10.1 Å². The third kappa shape index (κ3) is 4.60. The molecule has 0 spiro atoms. The van der Waals surface area contributed by atoms with Crippen molar-refractivity contribution >= 4 is 50.9 Å². The lowest BCUT2D eigenvalue weighted by Crippen LogP contribution is -2.19. The van der Waals surface area contributed by atoms with Crippen molar-refractivity contribution in [2.45, 2.75) is 4.90 Å². The van der Waals surface area contributed by atoms with Crippen molar-refractivity contribution in [3.8, 4) is 5.75 Å². The Bertz CT molecular complexity index is 1330. The summed E-state index contributed by atoms with van der Waals surface area (Å²) in [5, 5.41) is 10.5. The molecular weight excluding hydrogens is 456 g/mol. The summed E-state index contributed by atoms with van der Waals surface area (Å²) in [7, 11) is -2.54. The number of esters is 1. The van der Waals surface area contributed by atoms with Crippen molar-refractivity contribution in [1.82, 2.24) is 5.32 Å². The molecule has 1 fully saturated rings. The Labute approximate surface area is 186 Å². The van der Waals surface area contributed by atoms with Crippen LogP contribution in [0.4, 0.5) is 0 Å². The molecule has 2 aliphatic heterocycles. The summed E-state index contributed by atoms with van der Waals surface area (Å²) < 4.78 is 38.0. The number of hydrogen-bond acceptors (Lipinski definition) is 9. The fourth-order valence-corrected chi connectivity index (χ4v) is 4.55. The Balaban J connectivity index is 1.42. The van der Waals surface area contributed by atoms with E-state index in [0.29, 0.717) is 16.9 Å². The number of fused-ring (bicyclic) bond motifs is 1. The predicted molar refractivity (Wildman–Crippen MR) is 118 cm³/mol. The summed E-state index contributed by atoms with van der Waals surface area (Å²) >= 11 is 0.966. The quantitative estimate of drug-likeness (QED) is 0.312. The number of ether oxygens (including phenoxy) is 2. The van der Waals surface area contributed by atoms with E-state index in [-0.39, 0.29) is 20.9 Å². The summed E-state index contributed by atoms with van der Waals surface area (Å²) in [5.74, 6) is -0.692. The summed E-state index contributed by atoms with van der Waals surface area (Å²) in [4.78, 5) is 23.3. The van der Waals surface area contributed by atoms with E-state index in [0.717, 1.165) is 17.8 Å². The fraction of sp³-hybridized carbons (Fsp3) is 0.0500. The highest BCUT2D eigenvalue weighted by molar-refractivity contribution is 8.18. The number of sulfonamides is 1. The summed E-state index contributed by atoms with van der Waals surface area (Å²) in [6, 6.07) is 13.1. The summed E-state index contributed by atoms with van der Waals surface area (Å²) in [6.07, 6.45) is 2.53. The van der Waals surface area contributed by atoms with Crippen molar-refractivity contribution in [3.05, 3.63) is 70.6 Å². The number of methoxy groups -OCH3 is 1. The number of nitrogens with one attached hydrogen (secondary N) is 1. The topological polar surface area (TPSA) is 136 Å². The van der Waals surface area contributed by atoms with Gasteiger partial charge in [0.05, 0.1) is 23.8 Å². The predicted octanol–water partition coefficient (Wildman–Crippen LogP) is 1.82. The minimum Gasteiger partial charge on any atom is -0.466 e. The lowest BCUT2D eigenvalue weighted by Gasteiger charge is -2.05. The van der Waals surface area contributed by atoms with E-state index in [9.17, 15) is 18.0 Å². The largest absolute Gasteiger partial charge is 0.466 e. The second kappa shape index (κ2) is 8.77. The SMILES string of the molecule is COC(=O)/C=C1/S/C(=N\N=Cc2ccc(OC3=NS(=O)(=O)c4ccccc43)cc2)NC1=O.